The van der Waals surface area contributed by atoms with E-state index in [1.54, 1.807) is 13.8 Å². The molecule has 0 aromatic heterocycles. The molecule has 1 aromatic rings. The molecule has 0 radical (unpaired) electrons. The van der Waals surface area contributed by atoms with Crippen molar-refractivity contribution in [3.63, 3.8) is 0 Å². The van der Waals surface area contributed by atoms with Crippen LogP contribution in [0.1, 0.15) is 19.4 Å². The second-order valence-corrected chi connectivity index (χ2v) is 4.03. The molecule has 118 valence electrons. The number of rotatable bonds is 7. The maximum absolute atomic E-state index is 11.7. The minimum Gasteiger partial charge on any atom is -0.464 e. The zero-order chi connectivity index (χ0) is 16.5. The van der Waals surface area contributed by atoms with Gasteiger partial charge in [-0.3, -0.25) is 15.1 Å². The van der Waals surface area contributed by atoms with Crippen molar-refractivity contribution in [3.05, 3.63) is 39.9 Å². The SMILES string of the molecule is CCOC(=O)C(N=Cc1ccc([N+](=O)[O-])cc1)C(=O)OCC. The molecule has 0 saturated heterocycles. The molecular formula is C14H16N2O6. The maximum Gasteiger partial charge on any atom is 0.342 e. The molecule has 1 rings (SSSR count). The Kier molecular flexibility index (Phi) is 6.68. The number of nitro groups is 1. The molecule has 0 aliphatic rings. The predicted molar refractivity (Wildman–Crippen MR) is 77.7 cm³/mol. The number of aliphatic imine (C=N–C) groups is 1. The van der Waals surface area contributed by atoms with Gasteiger partial charge in [-0.05, 0) is 31.5 Å². The second kappa shape index (κ2) is 8.50. The Labute approximate surface area is 126 Å². The molecule has 0 N–H and O–H groups in total. The van der Waals surface area contributed by atoms with Gasteiger partial charge in [-0.2, -0.15) is 0 Å². The predicted octanol–water partition coefficient (Wildman–Crippen LogP) is 1.51. The molecule has 0 fully saturated rings. The van der Waals surface area contributed by atoms with Gasteiger partial charge in [0.15, 0.2) is 0 Å². The highest BCUT2D eigenvalue weighted by atomic mass is 16.6. The van der Waals surface area contributed by atoms with Crippen molar-refractivity contribution in [2.75, 3.05) is 13.2 Å². The third-order valence-electron chi connectivity index (χ3n) is 2.50. The normalized spacial score (nSPS) is 10.7. The largest absolute Gasteiger partial charge is 0.464 e. The number of non-ortho nitro benzene ring substituents is 1. The zero-order valence-electron chi connectivity index (χ0n) is 12.2. The number of ether oxygens (including phenoxy) is 2. The highest BCUT2D eigenvalue weighted by Crippen LogP contribution is 2.11. The van der Waals surface area contributed by atoms with Crippen molar-refractivity contribution >= 4 is 23.8 Å². The molecule has 8 heteroatoms. The number of carbonyl (C=O) groups excluding carboxylic acids is 2. The lowest BCUT2D eigenvalue weighted by atomic mass is 10.2. The molecule has 0 spiro atoms. The van der Waals surface area contributed by atoms with Gasteiger partial charge in [0, 0.05) is 18.3 Å². The van der Waals surface area contributed by atoms with Crippen LogP contribution >= 0.6 is 0 Å². The summed E-state index contributed by atoms with van der Waals surface area (Å²) >= 11 is 0. The Morgan fingerprint density at radius 3 is 2.09 bits per heavy atom. The van der Waals surface area contributed by atoms with Gasteiger partial charge in [-0.15, -0.1) is 0 Å². The van der Waals surface area contributed by atoms with Crippen molar-refractivity contribution in [3.8, 4) is 0 Å². The molecule has 8 nitrogen and oxygen atoms in total. The first-order valence-corrected chi connectivity index (χ1v) is 6.60. The Balaban J connectivity index is 2.89. The summed E-state index contributed by atoms with van der Waals surface area (Å²) in [5.74, 6) is -1.61. The molecule has 0 unspecified atom stereocenters. The van der Waals surface area contributed by atoms with Crippen molar-refractivity contribution in [2.45, 2.75) is 19.9 Å². The van der Waals surface area contributed by atoms with Gasteiger partial charge < -0.3 is 9.47 Å². The second-order valence-electron chi connectivity index (χ2n) is 4.03. The molecule has 0 saturated carbocycles. The van der Waals surface area contributed by atoms with Crippen LogP contribution in [0.4, 0.5) is 5.69 Å². The van der Waals surface area contributed by atoms with Gasteiger partial charge in [0.1, 0.15) is 0 Å². The van der Waals surface area contributed by atoms with Crippen LogP contribution in [0.2, 0.25) is 0 Å². The summed E-state index contributed by atoms with van der Waals surface area (Å²) in [4.78, 5) is 37.3. The molecule has 0 atom stereocenters. The summed E-state index contributed by atoms with van der Waals surface area (Å²) in [6.45, 7) is 3.45. The first-order valence-electron chi connectivity index (χ1n) is 6.60. The monoisotopic (exact) mass is 308 g/mol. The lowest BCUT2D eigenvalue weighted by molar-refractivity contribution is -0.384. The van der Waals surface area contributed by atoms with E-state index in [4.69, 9.17) is 9.47 Å². The summed E-state index contributed by atoms with van der Waals surface area (Å²) in [6, 6.07) is 4.09. The number of nitrogens with zero attached hydrogens (tertiary/aromatic N) is 2. The summed E-state index contributed by atoms with van der Waals surface area (Å²) in [5, 5.41) is 10.6. The summed E-state index contributed by atoms with van der Waals surface area (Å²) in [6.07, 6.45) is 1.27. The maximum atomic E-state index is 11.7. The van der Waals surface area contributed by atoms with Gasteiger partial charge in [-0.25, -0.2) is 9.59 Å². The molecule has 1 aromatic carbocycles. The van der Waals surface area contributed by atoms with E-state index < -0.39 is 22.9 Å². The molecule has 22 heavy (non-hydrogen) atoms. The Morgan fingerprint density at radius 2 is 1.68 bits per heavy atom. The van der Waals surface area contributed by atoms with Crippen LogP contribution in [0.3, 0.4) is 0 Å². The van der Waals surface area contributed by atoms with Gasteiger partial charge in [0.25, 0.3) is 5.69 Å². The Morgan fingerprint density at radius 1 is 1.18 bits per heavy atom. The lowest BCUT2D eigenvalue weighted by Gasteiger charge is -2.10. The van der Waals surface area contributed by atoms with Crippen LogP contribution in [0.15, 0.2) is 29.3 Å². The Bertz CT molecular complexity index is 549. The van der Waals surface area contributed by atoms with Crippen LogP contribution in [-0.2, 0) is 19.1 Å². The van der Waals surface area contributed by atoms with Crippen LogP contribution < -0.4 is 0 Å². The molecular weight excluding hydrogens is 292 g/mol. The molecule has 0 amide bonds. The fourth-order valence-corrected chi connectivity index (χ4v) is 1.50. The lowest BCUT2D eigenvalue weighted by Crippen LogP contribution is -2.32. The molecule has 0 bridgehead atoms. The number of hydrogen-bond donors (Lipinski definition) is 0. The highest BCUT2D eigenvalue weighted by Gasteiger charge is 2.28. The highest BCUT2D eigenvalue weighted by molar-refractivity contribution is 6.01. The first-order chi connectivity index (χ1) is 10.5. The van der Waals surface area contributed by atoms with E-state index >= 15 is 0 Å². The van der Waals surface area contributed by atoms with Gasteiger partial charge in [0.2, 0.25) is 6.04 Å². The number of nitro benzene ring substituents is 1. The summed E-state index contributed by atoms with van der Waals surface area (Å²) in [7, 11) is 0. The van der Waals surface area contributed by atoms with Crippen LogP contribution in [0, 0.1) is 10.1 Å². The van der Waals surface area contributed by atoms with Gasteiger partial charge in [-0.1, -0.05) is 0 Å². The number of esters is 2. The fourth-order valence-electron chi connectivity index (χ4n) is 1.50. The van der Waals surface area contributed by atoms with E-state index in [1.807, 2.05) is 0 Å². The topological polar surface area (TPSA) is 108 Å². The number of carbonyl (C=O) groups is 2. The minimum atomic E-state index is -1.41. The third-order valence-corrected chi connectivity index (χ3v) is 2.50. The standard InChI is InChI=1S/C14H16N2O6/c1-3-21-13(17)12(14(18)22-4-2)15-9-10-5-7-11(8-6-10)16(19)20/h5-9,12H,3-4H2,1-2H3. The van der Waals surface area contributed by atoms with E-state index in [0.29, 0.717) is 5.56 Å². The first kappa shape index (κ1) is 17.3. The number of hydrogen-bond acceptors (Lipinski definition) is 7. The van der Waals surface area contributed by atoms with Gasteiger partial charge in [0.05, 0.1) is 18.1 Å². The van der Waals surface area contributed by atoms with Crippen molar-refractivity contribution in [1.29, 1.82) is 0 Å². The third kappa shape index (κ3) is 4.97. The Hall–Kier alpha value is -2.77. The molecule has 0 aliphatic heterocycles. The smallest absolute Gasteiger partial charge is 0.342 e. The average molecular weight is 308 g/mol. The van der Waals surface area contributed by atoms with E-state index in [-0.39, 0.29) is 18.9 Å². The van der Waals surface area contributed by atoms with Crippen LogP contribution in [-0.4, -0.2) is 42.3 Å². The average Bonchev–Trinajstić information content (AvgIpc) is 2.48. The van der Waals surface area contributed by atoms with Crippen LogP contribution in [0.5, 0.6) is 0 Å². The molecule has 0 aliphatic carbocycles. The van der Waals surface area contributed by atoms with E-state index in [1.165, 1.54) is 30.5 Å². The summed E-state index contributed by atoms with van der Waals surface area (Å²) < 4.78 is 9.54. The summed E-state index contributed by atoms with van der Waals surface area (Å²) in [5.41, 5.74) is 0.439. The zero-order valence-corrected chi connectivity index (χ0v) is 12.2. The van der Waals surface area contributed by atoms with Crippen molar-refractivity contribution in [2.24, 2.45) is 4.99 Å². The number of benzene rings is 1. The van der Waals surface area contributed by atoms with E-state index in [9.17, 15) is 19.7 Å². The van der Waals surface area contributed by atoms with E-state index in [2.05, 4.69) is 4.99 Å². The van der Waals surface area contributed by atoms with Crippen LogP contribution in [0.25, 0.3) is 0 Å². The minimum absolute atomic E-state index is 0.0653. The van der Waals surface area contributed by atoms with E-state index in [0.717, 1.165) is 0 Å². The fraction of sp³-hybridized carbons (Fsp3) is 0.357. The van der Waals surface area contributed by atoms with Gasteiger partial charge >= 0.3 is 11.9 Å². The van der Waals surface area contributed by atoms with Crippen molar-refractivity contribution in [1.82, 2.24) is 0 Å². The quantitative estimate of drug-likeness (QED) is 0.248. The van der Waals surface area contributed by atoms with Crippen molar-refractivity contribution < 1.29 is 24.0 Å². The molecule has 0 heterocycles.